The Hall–Kier alpha value is -1.99. The molecule has 2 aliphatic rings. The van der Waals surface area contributed by atoms with Gasteiger partial charge in [-0.1, -0.05) is 0 Å². The van der Waals surface area contributed by atoms with Gasteiger partial charge in [-0.3, -0.25) is 10.2 Å². The average Bonchev–Trinajstić information content (AvgIpc) is 2.99. The number of imidazole rings is 1. The lowest BCUT2D eigenvalue weighted by Crippen LogP contribution is -2.62. The van der Waals surface area contributed by atoms with Crippen LogP contribution < -0.4 is 16.6 Å². The Morgan fingerprint density at radius 3 is 3.18 bits per heavy atom. The standard InChI is InChI=1S/C15H20N6O/c16-7-12-11-6-9(3-4-10(11)15(22)20-19-12)13-8-17-14-2-1-5-18-21(13)14/h1-2,5,8-12,19H,3-4,6-7,16H2,(H,20,22). The van der Waals surface area contributed by atoms with Crippen molar-refractivity contribution in [3.05, 3.63) is 30.2 Å². The van der Waals surface area contributed by atoms with Crippen LogP contribution in [-0.2, 0) is 4.79 Å². The Kier molecular flexibility index (Phi) is 3.31. The van der Waals surface area contributed by atoms with Crippen LogP contribution in [-0.4, -0.2) is 33.1 Å². The summed E-state index contributed by atoms with van der Waals surface area (Å²) in [5, 5.41) is 4.41. The Morgan fingerprint density at radius 1 is 1.41 bits per heavy atom. The summed E-state index contributed by atoms with van der Waals surface area (Å²) >= 11 is 0. The first kappa shape index (κ1) is 13.7. The van der Waals surface area contributed by atoms with Crippen LogP contribution >= 0.6 is 0 Å². The molecule has 22 heavy (non-hydrogen) atoms. The Morgan fingerprint density at radius 2 is 2.32 bits per heavy atom. The molecule has 1 aliphatic heterocycles. The van der Waals surface area contributed by atoms with Crippen LogP contribution in [0.3, 0.4) is 0 Å². The molecular formula is C15H20N6O. The highest BCUT2D eigenvalue weighted by atomic mass is 16.2. The van der Waals surface area contributed by atoms with Gasteiger partial charge in [0.2, 0.25) is 5.91 Å². The van der Waals surface area contributed by atoms with Gasteiger partial charge < -0.3 is 5.73 Å². The fourth-order valence-electron chi connectivity index (χ4n) is 3.97. The van der Waals surface area contributed by atoms with E-state index in [9.17, 15) is 4.79 Å². The molecule has 3 heterocycles. The Labute approximate surface area is 128 Å². The third-order valence-corrected chi connectivity index (χ3v) is 5.11. The van der Waals surface area contributed by atoms with Crippen molar-refractivity contribution >= 4 is 11.6 Å². The highest BCUT2D eigenvalue weighted by Gasteiger charge is 2.43. The molecule has 4 unspecified atom stereocenters. The van der Waals surface area contributed by atoms with Gasteiger partial charge in [0, 0.05) is 30.6 Å². The molecule has 0 aromatic carbocycles. The molecule has 7 nitrogen and oxygen atoms in total. The number of nitrogens with two attached hydrogens (primary N) is 1. The van der Waals surface area contributed by atoms with Gasteiger partial charge >= 0.3 is 0 Å². The monoisotopic (exact) mass is 300 g/mol. The van der Waals surface area contributed by atoms with Gasteiger partial charge in [-0.05, 0) is 37.3 Å². The number of carbonyl (C=O) groups excluding carboxylic acids is 1. The molecule has 0 radical (unpaired) electrons. The molecule has 4 rings (SSSR count). The van der Waals surface area contributed by atoms with Crippen molar-refractivity contribution in [1.82, 2.24) is 25.4 Å². The van der Waals surface area contributed by atoms with Crippen molar-refractivity contribution in [1.29, 1.82) is 0 Å². The number of hydrogen-bond donors (Lipinski definition) is 3. The van der Waals surface area contributed by atoms with E-state index in [4.69, 9.17) is 5.73 Å². The van der Waals surface area contributed by atoms with Crippen LogP contribution in [0, 0.1) is 11.8 Å². The van der Waals surface area contributed by atoms with Crippen molar-refractivity contribution in [3.8, 4) is 0 Å². The summed E-state index contributed by atoms with van der Waals surface area (Å²) in [5.74, 6) is 0.808. The molecule has 2 fully saturated rings. The number of nitrogens with one attached hydrogen (secondary N) is 2. The van der Waals surface area contributed by atoms with E-state index >= 15 is 0 Å². The number of nitrogens with zero attached hydrogens (tertiary/aromatic N) is 3. The van der Waals surface area contributed by atoms with Gasteiger partial charge in [-0.25, -0.2) is 14.9 Å². The van der Waals surface area contributed by atoms with Gasteiger partial charge in [0.15, 0.2) is 5.65 Å². The molecule has 2 aromatic rings. The highest BCUT2D eigenvalue weighted by molar-refractivity contribution is 5.79. The second kappa shape index (κ2) is 5.33. The average molecular weight is 300 g/mol. The fourth-order valence-corrected chi connectivity index (χ4v) is 3.97. The summed E-state index contributed by atoms with van der Waals surface area (Å²) in [6.07, 6.45) is 6.51. The van der Waals surface area contributed by atoms with E-state index in [-0.39, 0.29) is 23.8 Å². The first-order valence-electron chi connectivity index (χ1n) is 7.82. The minimum absolute atomic E-state index is 0.0678. The van der Waals surface area contributed by atoms with Crippen molar-refractivity contribution in [2.75, 3.05) is 6.54 Å². The first-order valence-corrected chi connectivity index (χ1v) is 7.82. The predicted octanol–water partition coefficient (Wildman–Crippen LogP) is 0.191. The van der Waals surface area contributed by atoms with Gasteiger partial charge in [-0.2, -0.15) is 5.10 Å². The second-order valence-corrected chi connectivity index (χ2v) is 6.23. The van der Waals surface area contributed by atoms with Gasteiger partial charge in [0.25, 0.3) is 0 Å². The van der Waals surface area contributed by atoms with Crippen molar-refractivity contribution < 1.29 is 4.79 Å². The maximum absolute atomic E-state index is 12.1. The van der Waals surface area contributed by atoms with Crippen LogP contribution in [0.4, 0.5) is 0 Å². The van der Waals surface area contributed by atoms with Crippen molar-refractivity contribution in [2.24, 2.45) is 17.6 Å². The minimum atomic E-state index is 0.0678. The molecule has 7 heteroatoms. The Bertz CT molecular complexity index is 698. The molecule has 4 N–H and O–H groups in total. The first-order chi connectivity index (χ1) is 10.8. The molecule has 1 amide bonds. The molecule has 1 aliphatic carbocycles. The molecule has 2 aromatic heterocycles. The zero-order valence-electron chi connectivity index (χ0n) is 12.3. The normalized spacial score (nSPS) is 31.8. The van der Waals surface area contributed by atoms with Crippen molar-refractivity contribution in [2.45, 2.75) is 31.2 Å². The number of fused-ring (bicyclic) bond motifs is 2. The zero-order chi connectivity index (χ0) is 15.1. The highest BCUT2D eigenvalue weighted by Crippen LogP contribution is 2.42. The molecule has 0 spiro atoms. The summed E-state index contributed by atoms with van der Waals surface area (Å²) in [7, 11) is 0. The van der Waals surface area contributed by atoms with E-state index in [0.717, 1.165) is 30.6 Å². The summed E-state index contributed by atoms with van der Waals surface area (Å²) in [6.45, 7) is 0.527. The molecule has 1 saturated heterocycles. The van der Waals surface area contributed by atoms with Crippen LogP contribution in [0.5, 0.6) is 0 Å². The summed E-state index contributed by atoms with van der Waals surface area (Å²) < 4.78 is 1.92. The molecule has 4 atom stereocenters. The van der Waals surface area contributed by atoms with E-state index in [2.05, 4.69) is 20.9 Å². The Balaban J connectivity index is 1.63. The maximum atomic E-state index is 12.1. The lowest BCUT2D eigenvalue weighted by molar-refractivity contribution is -0.133. The SMILES string of the molecule is NCC1NNC(=O)C2CCC(c3cnc4cccnn34)CC12. The molecule has 116 valence electrons. The second-order valence-electron chi connectivity index (χ2n) is 6.23. The van der Waals surface area contributed by atoms with Crippen LogP contribution in [0.2, 0.25) is 0 Å². The number of amides is 1. The smallest absolute Gasteiger partial charge is 0.237 e. The van der Waals surface area contributed by atoms with E-state index < -0.39 is 0 Å². The van der Waals surface area contributed by atoms with Gasteiger partial charge in [0.1, 0.15) is 0 Å². The number of hydrazine groups is 1. The number of carbonyl (C=O) groups is 1. The van der Waals surface area contributed by atoms with Crippen LogP contribution in [0.1, 0.15) is 30.9 Å². The van der Waals surface area contributed by atoms with E-state index in [1.165, 1.54) is 0 Å². The van der Waals surface area contributed by atoms with Crippen LogP contribution in [0.15, 0.2) is 24.5 Å². The largest absolute Gasteiger partial charge is 0.329 e. The number of hydrogen-bond acceptors (Lipinski definition) is 5. The third-order valence-electron chi connectivity index (χ3n) is 5.11. The van der Waals surface area contributed by atoms with E-state index in [0.29, 0.717) is 12.5 Å². The topological polar surface area (TPSA) is 97.3 Å². The van der Waals surface area contributed by atoms with E-state index in [1.807, 2.05) is 22.8 Å². The molecular weight excluding hydrogens is 280 g/mol. The predicted molar refractivity (Wildman–Crippen MR) is 80.7 cm³/mol. The summed E-state index contributed by atoms with van der Waals surface area (Å²) in [6, 6.07) is 3.99. The lowest BCUT2D eigenvalue weighted by atomic mass is 9.69. The third kappa shape index (κ3) is 2.08. The number of rotatable bonds is 2. The number of aromatic nitrogens is 3. The van der Waals surface area contributed by atoms with Gasteiger partial charge in [-0.15, -0.1) is 0 Å². The summed E-state index contributed by atoms with van der Waals surface area (Å²) in [4.78, 5) is 16.5. The minimum Gasteiger partial charge on any atom is -0.329 e. The molecule has 0 bridgehead atoms. The fraction of sp³-hybridized carbons (Fsp3) is 0.533. The maximum Gasteiger partial charge on any atom is 0.237 e. The van der Waals surface area contributed by atoms with Gasteiger partial charge in [0.05, 0.1) is 11.9 Å². The van der Waals surface area contributed by atoms with Crippen molar-refractivity contribution in [3.63, 3.8) is 0 Å². The van der Waals surface area contributed by atoms with Crippen LogP contribution in [0.25, 0.3) is 5.65 Å². The lowest BCUT2D eigenvalue weighted by Gasteiger charge is -2.43. The quantitative estimate of drug-likeness (QED) is 0.735. The summed E-state index contributed by atoms with van der Waals surface area (Å²) in [5.41, 5.74) is 13.7. The zero-order valence-corrected chi connectivity index (χ0v) is 12.3. The molecule has 1 saturated carbocycles. The van der Waals surface area contributed by atoms with E-state index in [1.54, 1.807) is 6.20 Å².